The molecule has 5 nitrogen and oxygen atoms in total. The zero-order valence-electron chi connectivity index (χ0n) is 19.8. The van der Waals surface area contributed by atoms with Crippen molar-refractivity contribution in [3.05, 3.63) is 102 Å². The van der Waals surface area contributed by atoms with Crippen molar-refractivity contribution in [2.45, 2.75) is 31.7 Å². The molecule has 5 rings (SSSR count). The van der Waals surface area contributed by atoms with E-state index in [1.807, 2.05) is 91.9 Å². The van der Waals surface area contributed by atoms with Crippen LogP contribution in [0.1, 0.15) is 37.0 Å². The second-order valence-electron chi connectivity index (χ2n) is 9.01. The molecule has 1 saturated heterocycles. The molecule has 5 heteroatoms. The van der Waals surface area contributed by atoms with Crippen LogP contribution in [0.15, 0.2) is 84.9 Å². The van der Waals surface area contributed by atoms with Crippen LogP contribution >= 0.6 is 0 Å². The van der Waals surface area contributed by atoms with Crippen LogP contribution in [0.5, 0.6) is 11.5 Å². The molecule has 0 radical (unpaired) electrons. The maximum atomic E-state index is 13.3. The third-order valence-electron chi connectivity index (χ3n) is 7.19. The molecular formula is C29H28O5. The molecule has 0 aliphatic carbocycles. The predicted octanol–water partition coefficient (Wildman–Crippen LogP) is 5.73. The summed E-state index contributed by atoms with van der Waals surface area (Å²) in [4.78, 5) is 13.3. The van der Waals surface area contributed by atoms with Gasteiger partial charge in [0.2, 0.25) is 5.79 Å². The van der Waals surface area contributed by atoms with Gasteiger partial charge in [-0.2, -0.15) is 0 Å². The molecule has 174 valence electrons. The van der Waals surface area contributed by atoms with Gasteiger partial charge in [0.25, 0.3) is 0 Å². The fourth-order valence-electron chi connectivity index (χ4n) is 5.27. The van der Waals surface area contributed by atoms with Gasteiger partial charge < -0.3 is 18.9 Å². The molecular weight excluding hydrogens is 428 g/mol. The van der Waals surface area contributed by atoms with E-state index in [0.717, 1.165) is 28.2 Å². The van der Waals surface area contributed by atoms with E-state index in [1.165, 1.54) is 0 Å². The first-order chi connectivity index (χ1) is 16.4. The summed E-state index contributed by atoms with van der Waals surface area (Å²) in [6.07, 6.45) is 2.36. The number of carbonyl (C=O) groups excluding carboxylic acids is 1. The zero-order chi connectivity index (χ0) is 24.0. The van der Waals surface area contributed by atoms with Crippen molar-refractivity contribution < 1.29 is 23.7 Å². The van der Waals surface area contributed by atoms with E-state index in [-0.39, 0.29) is 5.78 Å². The first-order valence-electron chi connectivity index (χ1n) is 11.3. The number of fused-ring (bicyclic) bond motifs is 1. The molecule has 0 saturated carbocycles. The van der Waals surface area contributed by atoms with E-state index in [0.29, 0.717) is 12.2 Å². The minimum Gasteiger partial charge on any atom is -0.497 e. The smallest absolute Gasteiger partial charge is 0.225 e. The molecule has 34 heavy (non-hydrogen) atoms. The minimum absolute atomic E-state index is 0.00447. The predicted molar refractivity (Wildman–Crippen MR) is 129 cm³/mol. The van der Waals surface area contributed by atoms with E-state index < -0.39 is 16.8 Å². The van der Waals surface area contributed by atoms with Gasteiger partial charge >= 0.3 is 0 Å². The molecule has 2 heterocycles. The van der Waals surface area contributed by atoms with Gasteiger partial charge in [-0.1, -0.05) is 54.6 Å². The van der Waals surface area contributed by atoms with Crippen LogP contribution in [-0.4, -0.2) is 25.8 Å². The second-order valence-corrected chi connectivity index (χ2v) is 9.01. The molecule has 0 N–H and O–H groups in total. The van der Waals surface area contributed by atoms with Crippen LogP contribution in [0.25, 0.3) is 5.76 Å². The fourth-order valence-corrected chi connectivity index (χ4v) is 5.27. The highest BCUT2D eigenvalue weighted by Gasteiger charge is 2.70. The number of ether oxygens (including phenoxy) is 4. The number of rotatable bonds is 6. The first kappa shape index (κ1) is 22.2. The Morgan fingerprint density at radius 1 is 0.824 bits per heavy atom. The summed E-state index contributed by atoms with van der Waals surface area (Å²) in [5.74, 6) is 0.994. The van der Waals surface area contributed by atoms with E-state index in [2.05, 4.69) is 0 Å². The van der Waals surface area contributed by atoms with E-state index in [9.17, 15) is 4.79 Å². The molecule has 2 aliphatic rings. The average Bonchev–Trinajstić information content (AvgIpc) is 3.31. The Bertz CT molecular complexity index is 1180. The van der Waals surface area contributed by atoms with Crippen LogP contribution in [0.2, 0.25) is 0 Å². The summed E-state index contributed by atoms with van der Waals surface area (Å²) in [5.41, 5.74) is 0.901. The van der Waals surface area contributed by atoms with Gasteiger partial charge in [0.05, 0.1) is 14.2 Å². The Kier molecular flexibility index (Phi) is 5.25. The summed E-state index contributed by atoms with van der Waals surface area (Å²) in [7, 11) is 3.28. The Labute approximate surface area is 199 Å². The van der Waals surface area contributed by atoms with Gasteiger partial charge in [-0.05, 0) is 48.4 Å². The number of benzene rings is 3. The highest BCUT2D eigenvalue weighted by atomic mass is 16.7. The van der Waals surface area contributed by atoms with Crippen LogP contribution in [0.3, 0.4) is 0 Å². The summed E-state index contributed by atoms with van der Waals surface area (Å²) in [6, 6.07) is 25.4. The summed E-state index contributed by atoms with van der Waals surface area (Å²) >= 11 is 0. The topological polar surface area (TPSA) is 54.0 Å². The van der Waals surface area contributed by atoms with Crippen molar-refractivity contribution in [1.82, 2.24) is 0 Å². The molecule has 1 fully saturated rings. The molecule has 3 aromatic carbocycles. The lowest BCUT2D eigenvalue weighted by Crippen LogP contribution is -2.44. The van der Waals surface area contributed by atoms with Crippen LogP contribution in [0.4, 0.5) is 0 Å². The van der Waals surface area contributed by atoms with Crippen molar-refractivity contribution in [3.8, 4) is 11.5 Å². The molecule has 0 amide bonds. The number of Topliss-reactive ketones (excluding diaryl/α,β-unsaturated/α-hetero) is 1. The van der Waals surface area contributed by atoms with E-state index >= 15 is 0 Å². The van der Waals surface area contributed by atoms with Crippen LogP contribution < -0.4 is 9.47 Å². The van der Waals surface area contributed by atoms with Gasteiger partial charge in [0.15, 0.2) is 0 Å². The number of carbonyl (C=O) groups is 1. The lowest BCUT2D eigenvalue weighted by Gasteiger charge is -2.34. The van der Waals surface area contributed by atoms with Gasteiger partial charge in [0, 0.05) is 18.9 Å². The largest absolute Gasteiger partial charge is 0.497 e. The van der Waals surface area contributed by atoms with E-state index in [1.54, 1.807) is 21.1 Å². The van der Waals surface area contributed by atoms with Crippen molar-refractivity contribution >= 4 is 11.5 Å². The maximum Gasteiger partial charge on any atom is 0.225 e. The van der Waals surface area contributed by atoms with Crippen molar-refractivity contribution in [3.63, 3.8) is 0 Å². The van der Waals surface area contributed by atoms with Gasteiger partial charge in [0.1, 0.15) is 34.1 Å². The quantitative estimate of drug-likeness (QED) is 0.474. The van der Waals surface area contributed by atoms with Crippen LogP contribution in [0, 0.1) is 5.41 Å². The normalized spacial score (nSPS) is 24.6. The monoisotopic (exact) mass is 456 g/mol. The SMILES string of the molecule is COc1ccc(C2(c3ccc(OC)cc3)C[C@@]3(C(C)=O)C=C(c4ccccc4)O[C@@]3(C)O2)cc1. The lowest BCUT2D eigenvalue weighted by molar-refractivity contribution is -0.218. The molecule has 2 aliphatic heterocycles. The number of methoxy groups -OCH3 is 2. The highest BCUT2D eigenvalue weighted by molar-refractivity contribution is 5.90. The lowest BCUT2D eigenvalue weighted by atomic mass is 9.70. The zero-order valence-corrected chi connectivity index (χ0v) is 19.8. The minimum atomic E-state index is -1.18. The second kappa shape index (κ2) is 8.03. The molecule has 0 bridgehead atoms. The summed E-state index contributed by atoms with van der Waals surface area (Å²) in [6.45, 7) is 3.49. The fraction of sp³-hybridized carbons (Fsp3) is 0.276. The molecule has 3 aromatic rings. The van der Waals surface area contributed by atoms with Crippen molar-refractivity contribution in [2.75, 3.05) is 14.2 Å². The van der Waals surface area contributed by atoms with Crippen molar-refractivity contribution in [2.24, 2.45) is 5.41 Å². The van der Waals surface area contributed by atoms with Gasteiger partial charge in [-0.15, -0.1) is 0 Å². The first-order valence-corrected chi connectivity index (χ1v) is 11.3. The van der Waals surface area contributed by atoms with Gasteiger partial charge in [-0.3, -0.25) is 4.79 Å². The molecule has 0 spiro atoms. The number of ketones is 1. The Morgan fingerprint density at radius 3 is 1.79 bits per heavy atom. The number of hydrogen-bond donors (Lipinski definition) is 0. The standard InChI is InChI=1S/C29H28O5/c1-20(30)28-18-26(21-8-6-5-7-9-21)33-27(28,2)34-29(19-28,22-10-14-24(31-3)15-11-22)23-12-16-25(32-4)17-13-23/h5-18H,19H2,1-4H3/t27-,28+/m0/s1. The average molecular weight is 457 g/mol. The van der Waals surface area contributed by atoms with E-state index in [4.69, 9.17) is 18.9 Å². The highest BCUT2D eigenvalue weighted by Crippen LogP contribution is 2.64. The number of hydrogen-bond acceptors (Lipinski definition) is 5. The molecule has 0 aromatic heterocycles. The summed E-state index contributed by atoms with van der Waals surface area (Å²) in [5, 5.41) is 0. The maximum absolute atomic E-state index is 13.3. The Balaban J connectivity index is 1.68. The molecule has 2 atom stereocenters. The molecule has 0 unspecified atom stereocenters. The Hall–Kier alpha value is -3.57. The van der Waals surface area contributed by atoms with Gasteiger partial charge in [-0.25, -0.2) is 0 Å². The Morgan fingerprint density at radius 2 is 1.35 bits per heavy atom. The third kappa shape index (κ3) is 3.23. The van der Waals surface area contributed by atoms with Crippen LogP contribution in [-0.2, 0) is 19.9 Å². The van der Waals surface area contributed by atoms with Crippen molar-refractivity contribution in [1.29, 1.82) is 0 Å². The third-order valence-corrected chi connectivity index (χ3v) is 7.19. The summed E-state index contributed by atoms with van der Waals surface area (Å²) < 4.78 is 24.1.